The molecular formula is C24H39N3O4. The molecule has 3 rings (SSSR count). The van der Waals surface area contributed by atoms with Gasteiger partial charge in [0.15, 0.2) is 0 Å². The molecule has 1 heterocycles. The molecule has 7 heteroatoms. The van der Waals surface area contributed by atoms with Crippen molar-refractivity contribution in [3.05, 3.63) is 23.8 Å². The van der Waals surface area contributed by atoms with Crippen LogP contribution in [0.15, 0.2) is 23.4 Å². The van der Waals surface area contributed by atoms with Gasteiger partial charge in [-0.2, -0.15) is 0 Å². The van der Waals surface area contributed by atoms with Crippen LogP contribution in [0, 0.1) is 0 Å². The van der Waals surface area contributed by atoms with Gasteiger partial charge in [0.2, 0.25) is 0 Å². The van der Waals surface area contributed by atoms with Crippen LogP contribution in [-0.2, 0) is 14.3 Å². The number of oxime groups is 1. The predicted octanol–water partition coefficient (Wildman–Crippen LogP) is 4.00. The Morgan fingerprint density at radius 2 is 1.87 bits per heavy atom. The maximum atomic E-state index is 10.3. The minimum absolute atomic E-state index is 0.266. The lowest BCUT2D eigenvalue weighted by atomic mass is 9.79. The molecule has 1 saturated carbocycles. The number of piperidine rings is 1. The molecule has 1 aliphatic heterocycles. The monoisotopic (exact) mass is 433 g/mol. The highest BCUT2D eigenvalue weighted by Crippen LogP contribution is 2.37. The first-order valence-corrected chi connectivity index (χ1v) is 11.5. The fourth-order valence-corrected chi connectivity index (χ4v) is 4.84. The zero-order chi connectivity index (χ0) is 22.3. The number of ether oxygens (including phenoxy) is 2. The van der Waals surface area contributed by atoms with E-state index < -0.39 is 0 Å². The lowest BCUT2D eigenvalue weighted by molar-refractivity contribution is -0.0398. The van der Waals surface area contributed by atoms with Gasteiger partial charge in [0.25, 0.3) is 0 Å². The number of hydrogen-bond donors (Lipinski definition) is 2. The second-order valence-corrected chi connectivity index (χ2v) is 9.06. The Hall–Kier alpha value is -1.83. The number of nitrogens with one attached hydrogen (secondary N) is 1. The number of aromatic hydroxyl groups is 1. The van der Waals surface area contributed by atoms with Gasteiger partial charge < -0.3 is 24.7 Å². The van der Waals surface area contributed by atoms with Crippen LogP contribution < -0.4 is 5.32 Å². The van der Waals surface area contributed by atoms with Gasteiger partial charge in [-0.1, -0.05) is 5.16 Å². The van der Waals surface area contributed by atoms with E-state index in [-0.39, 0.29) is 11.3 Å². The van der Waals surface area contributed by atoms with E-state index in [1.807, 2.05) is 19.1 Å². The number of hydrogen-bond acceptors (Lipinski definition) is 7. The minimum atomic E-state index is 0.266. The Labute approximate surface area is 186 Å². The second kappa shape index (κ2) is 11.2. The molecule has 2 fully saturated rings. The molecule has 0 atom stereocenters. The van der Waals surface area contributed by atoms with Crippen LogP contribution in [0.3, 0.4) is 0 Å². The fourth-order valence-electron chi connectivity index (χ4n) is 4.84. The summed E-state index contributed by atoms with van der Waals surface area (Å²) in [6.07, 6.45) is 7.13. The summed E-state index contributed by atoms with van der Waals surface area (Å²) in [5, 5.41) is 17.9. The standard InChI is InChI=1S/C24H39N3O4/c1-18(26-30-4)19-5-6-23(28)22(17-19)25-20-9-13-27(14-10-20)24(2)11-7-21(8-12-24)31-16-15-29-3/h5-6,17,20-21,25,28H,7-16H2,1-4H3/t21-,24-. The second-order valence-electron chi connectivity index (χ2n) is 9.06. The Morgan fingerprint density at radius 1 is 1.16 bits per heavy atom. The summed E-state index contributed by atoms with van der Waals surface area (Å²) in [6, 6.07) is 5.88. The highest BCUT2D eigenvalue weighted by atomic mass is 16.6. The molecule has 0 aromatic heterocycles. The topological polar surface area (TPSA) is 75.6 Å². The summed E-state index contributed by atoms with van der Waals surface area (Å²) < 4.78 is 11.0. The number of nitrogens with zero attached hydrogens (tertiary/aromatic N) is 2. The highest BCUT2D eigenvalue weighted by Gasteiger charge is 2.38. The Morgan fingerprint density at radius 3 is 2.52 bits per heavy atom. The number of phenols is 1. The van der Waals surface area contributed by atoms with Gasteiger partial charge in [0.1, 0.15) is 12.9 Å². The molecule has 7 nitrogen and oxygen atoms in total. The van der Waals surface area contributed by atoms with Crippen molar-refractivity contribution >= 4 is 11.4 Å². The van der Waals surface area contributed by atoms with E-state index in [1.165, 1.54) is 20.0 Å². The minimum Gasteiger partial charge on any atom is -0.506 e. The molecule has 1 aromatic rings. The summed E-state index contributed by atoms with van der Waals surface area (Å²) in [6.45, 7) is 7.84. The molecule has 174 valence electrons. The number of rotatable bonds is 9. The molecule has 0 bridgehead atoms. The molecule has 1 saturated heterocycles. The zero-order valence-corrected chi connectivity index (χ0v) is 19.5. The van der Waals surface area contributed by atoms with Crippen molar-refractivity contribution in [2.24, 2.45) is 5.16 Å². The molecule has 31 heavy (non-hydrogen) atoms. The van der Waals surface area contributed by atoms with Gasteiger partial charge in [-0.05, 0) is 70.6 Å². The number of methoxy groups -OCH3 is 1. The molecule has 0 radical (unpaired) electrons. The van der Waals surface area contributed by atoms with Crippen LogP contribution in [0.25, 0.3) is 0 Å². The van der Waals surface area contributed by atoms with Crippen LogP contribution in [0.2, 0.25) is 0 Å². The maximum absolute atomic E-state index is 10.3. The number of likely N-dealkylation sites (tertiary alicyclic amines) is 1. The molecule has 2 aliphatic rings. The zero-order valence-electron chi connectivity index (χ0n) is 19.5. The Bertz CT molecular complexity index is 724. The van der Waals surface area contributed by atoms with Crippen molar-refractivity contribution in [3.63, 3.8) is 0 Å². The highest BCUT2D eigenvalue weighted by molar-refractivity contribution is 5.99. The van der Waals surface area contributed by atoms with Crippen LogP contribution in [0.1, 0.15) is 57.9 Å². The molecular weight excluding hydrogens is 394 g/mol. The average Bonchev–Trinajstić information content (AvgIpc) is 2.77. The third kappa shape index (κ3) is 6.34. The summed E-state index contributed by atoms with van der Waals surface area (Å²) in [7, 11) is 3.26. The summed E-state index contributed by atoms with van der Waals surface area (Å²) in [5.74, 6) is 0.273. The average molecular weight is 434 g/mol. The van der Waals surface area contributed by atoms with Crippen LogP contribution in [-0.4, -0.2) is 73.9 Å². The first kappa shape index (κ1) is 23.8. The third-order valence-corrected chi connectivity index (χ3v) is 6.91. The number of phenolic OH excluding ortho intramolecular Hbond substituents is 1. The van der Waals surface area contributed by atoms with E-state index in [0.29, 0.717) is 25.4 Å². The van der Waals surface area contributed by atoms with Crippen LogP contribution in [0.5, 0.6) is 5.75 Å². The fraction of sp³-hybridized carbons (Fsp3) is 0.708. The third-order valence-electron chi connectivity index (χ3n) is 6.91. The normalized spacial score (nSPS) is 26.1. The van der Waals surface area contributed by atoms with Gasteiger partial charge in [0.05, 0.1) is 30.7 Å². The largest absolute Gasteiger partial charge is 0.506 e. The Kier molecular flexibility index (Phi) is 8.58. The van der Waals surface area contributed by atoms with Crippen molar-refractivity contribution in [1.82, 2.24) is 4.90 Å². The molecule has 1 aliphatic carbocycles. The van der Waals surface area contributed by atoms with Crippen molar-refractivity contribution in [2.45, 2.75) is 70.1 Å². The van der Waals surface area contributed by atoms with Crippen molar-refractivity contribution in [1.29, 1.82) is 0 Å². The number of anilines is 1. The van der Waals surface area contributed by atoms with E-state index >= 15 is 0 Å². The SMILES string of the molecule is COCCO[C@H]1CC[C@](C)(N2CCC(Nc3cc(C(C)=NOC)ccc3O)CC2)CC1. The Balaban J connectivity index is 1.50. The van der Waals surface area contributed by atoms with Gasteiger partial charge in [-0.25, -0.2) is 0 Å². The smallest absolute Gasteiger partial charge is 0.138 e. The molecule has 0 unspecified atom stereocenters. The van der Waals surface area contributed by atoms with E-state index in [0.717, 1.165) is 55.7 Å². The number of benzene rings is 1. The summed E-state index contributed by atoms with van der Waals surface area (Å²) >= 11 is 0. The van der Waals surface area contributed by atoms with Gasteiger partial charge >= 0.3 is 0 Å². The van der Waals surface area contributed by atoms with Crippen molar-refractivity contribution in [3.8, 4) is 5.75 Å². The van der Waals surface area contributed by atoms with E-state index in [4.69, 9.17) is 14.3 Å². The quantitative estimate of drug-likeness (QED) is 0.265. The van der Waals surface area contributed by atoms with E-state index in [9.17, 15) is 5.11 Å². The first-order valence-electron chi connectivity index (χ1n) is 11.5. The maximum Gasteiger partial charge on any atom is 0.138 e. The van der Waals surface area contributed by atoms with Gasteiger partial charge in [-0.3, -0.25) is 4.90 Å². The van der Waals surface area contributed by atoms with Crippen molar-refractivity contribution in [2.75, 3.05) is 45.8 Å². The van der Waals surface area contributed by atoms with E-state index in [1.54, 1.807) is 13.2 Å². The van der Waals surface area contributed by atoms with Gasteiger partial charge in [0, 0.05) is 37.3 Å². The van der Waals surface area contributed by atoms with Crippen LogP contribution in [0.4, 0.5) is 5.69 Å². The molecule has 2 N–H and O–H groups in total. The summed E-state index contributed by atoms with van der Waals surface area (Å²) in [5.41, 5.74) is 2.76. The van der Waals surface area contributed by atoms with E-state index in [2.05, 4.69) is 22.3 Å². The molecule has 1 aromatic carbocycles. The van der Waals surface area contributed by atoms with Crippen molar-refractivity contribution < 1.29 is 19.4 Å². The molecule has 0 amide bonds. The molecule has 0 spiro atoms. The van der Waals surface area contributed by atoms with Gasteiger partial charge in [-0.15, -0.1) is 0 Å². The summed E-state index contributed by atoms with van der Waals surface area (Å²) in [4.78, 5) is 7.54. The van der Waals surface area contributed by atoms with Crippen LogP contribution >= 0.6 is 0 Å². The lowest BCUT2D eigenvalue weighted by Gasteiger charge is -2.48. The lowest BCUT2D eigenvalue weighted by Crippen LogP contribution is -2.53. The predicted molar refractivity (Wildman–Crippen MR) is 124 cm³/mol. The first-order chi connectivity index (χ1) is 14.9.